The minimum atomic E-state index is -0.437. The maximum absolute atomic E-state index is 12.9. The van der Waals surface area contributed by atoms with Crippen molar-refractivity contribution in [2.45, 2.75) is 32.8 Å². The number of nitrogens with zero attached hydrogens (tertiary/aromatic N) is 1. The van der Waals surface area contributed by atoms with Crippen LogP contribution in [0, 0.1) is 5.82 Å². The molecule has 0 radical (unpaired) electrons. The van der Waals surface area contributed by atoms with Gasteiger partial charge in [-0.2, -0.15) is 0 Å². The molecule has 4 heteroatoms. The zero-order valence-electron chi connectivity index (χ0n) is 11.0. The third kappa shape index (κ3) is 4.92. The molecule has 1 rings (SSSR count). The smallest absolute Gasteiger partial charge is 0.124 e. The number of rotatable bonds is 7. The summed E-state index contributed by atoms with van der Waals surface area (Å²) < 4.78 is 12.9. The molecule has 0 saturated heterocycles. The van der Waals surface area contributed by atoms with Gasteiger partial charge in [-0.15, -0.1) is 0 Å². The normalized spacial score (nSPS) is 13.0. The predicted molar refractivity (Wildman–Crippen MR) is 73.5 cm³/mol. The lowest BCUT2D eigenvalue weighted by atomic mass is 10.1. The Bertz CT molecular complexity index is 369. The van der Waals surface area contributed by atoms with E-state index in [1.54, 1.807) is 6.07 Å². The van der Waals surface area contributed by atoms with Gasteiger partial charge in [0.25, 0.3) is 0 Å². The largest absolute Gasteiger partial charge is 0.393 e. The second-order valence-electron chi connectivity index (χ2n) is 4.41. The van der Waals surface area contributed by atoms with Gasteiger partial charge < -0.3 is 10.0 Å². The number of hydrogen-bond donors (Lipinski definition) is 1. The number of benzene rings is 1. The number of aliphatic hydroxyl groups excluding tert-OH is 1. The lowest BCUT2D eigenvalue weighted by Crippen LogP contribution is -2.27. The molecular weight excluding hydrogens is 253 g/mol. The first kappa shape index (κ1) is 15.4. The molecule has 2 nitrogen and oxygen atoms in total. The summed E-state index contributed by atoms with van der Waals surface area (Å²) in [6.45, 7) is 7.05. The molecular formula is C14H21ClFNO. The van der Waals surface area contributed by atoms with Gasteiger partial charge in [-0.05, 0) is 43.6 Å². The summed E-state index contributed by atoms with van der Waals surface area (Å²) >= 11 is 5.93. The molecule has 0 fully saturated rings. The summed E-state index contributed by atoms with van der Waals surface area (Å²) in [6.07, 6.45) is 0.740. The van der Waals surface area contributed by atoms with Gasteiger partial charge in [0.1, 0.15) is 5.82 Å². The molecule has 1 aromatic carbocycles. The molecule has 0 saturated carbocycles. The molecule has 102 valence electrons. The molecule has 0 spiro atoms. The van der Waals surface area contributed by atoms with Gasteiger partial charge in [0.05, 0.1) is 6.10 Å². The molecule has 1 unspecified atom stereocenters. The first-order valence-electron chi connectivity index (χ1n) is 6.41. The highest BCUT2D eigenvalue weighted by Crippen LogP contribution is 2.19. The minimum absolute atomic E-state index is 0.346. The van der Waals surface area contributed by atoms with Gasteiger partial charge in [0.15, 0.2) is 0 Å². The Balaban J connectivity index is 2.46. The highest BCUT2D eigenvalue weighted by molar-refractivity contribution is 6.31. The zero-order valence-corrected chi connectivity index (χ0v) is 11.8. The van der Waals surface area contributed by atoms with Crippen molar-refractivity contribution in [2.24, 2.45) is 0 Å². The first-order valence-corrected chi connectivity index (χ1v) is 6.79. The Hall–Kier alpha value is -0.640. The van der Waals surface area contributed by atoms with E-state index in [0.29, 0.717) is 17.9 Å². The number of halogens is 2. The molecule has 0 aromatic heterocycles. The van der Waals surface area contributed by atoms with Crippen molar-refractivity contribution in [3.05, 3.63) is 34.6 Å². The second kappa shape index (κ2) is 7.72. The molecule has 18 heavy (non-hydrogen) atoms. The molecule has 0 aliphatic heterocycles. The van der Waals surface area contributed by atoms with Crippen LogP contribution in [0.4, 0.5) is 4.39 Å². The first-order chi connectivity index (χ1) is 8.56. The third-order valence-corrected chi connectivity index (χ3v) is 3.50. The van der Waals surface area contributed by atoms with Crippen molar-refractivity contribution >= 4 is 11.6 Å². The van der Waals surface area contributed by atoms with Gasteiger partial charge in [-0.1, -0.05) is 31.5 Å². The van der Waals surface area contributed by atoms with Crippen molar-refractivity contribution in [2.75, 3.05) is 19.6 Å². The molecule has 0 bridgehead atoms. The van der Waals surface area contributed by atoms with Crippen molar-refractivity contribution in [3.8, 4) is 0 Å². The lowest BCUT2D eigenvalue weighted by Gasteiger charge is -2.20. The van der Waals surface area contributed by atoms with E-state index >= 15 is 0 Å². The Morgan fingerprint density at radius 1 is 1.33 bits per heavy atom. The van der Waals surface area contributed by atoms with Crippen LogP contribution in [-0.4, -0.2) is 35.7 Å². The Labute approximate surface area is 113 Å². The van der Waals surface area contributed by atoms with Gasteiger partial charge in [0, 0.05) is 11.6 Å². The van der Waals surface area contributed by atoms with E-state index in [0.717, 1.165) is 25.2 Å². The Morgan fingerprint density at radius 2 is 2.00 bits per heavy atom. The van der Waals surface area contributed by atoms with Crippen LogP contribution in [-0.2, 0) is 6.42 Å². The maximum atomic E-state index is 12.9. The monoisotopic (exact) mass is 273 g/mol. The molecule has 1 aromatic rings. The van der Waals surface area contributed by atoms with Crippen molar-refractivity contribution in [1.82, 2.24) is 4.90 Å². The fourth-order valence-corrected chi connectivity index (χ4v) is 2.16. The Kier molecular flexibility index (Phi) is 6.61. The fourth-order valence-electron chi connectivity index (χ4n) is 1.91. The van der Waals surface area contributed by atoms with Gasteiger partial charge in [0.2, 0.25) is 0 Å². The summed E-state index contributed by atoms with van der Waals surface area (Å²) in [5.74, 6) is -0.346. The Morgan fingerprint density at radius 3 is 2.56 bits per heavy atom. The van der Waals surface area contributed by atoms with Gasteiger partial charge in [-0.25, -0.2) is 4.39 Å². The van der Waals surface area contributed by atoms with Crippen LogP contribution >= 0.6 is 11.6 Å². The summed E-state index contributed by atoms with van der Waals surface area (Å²) in [4.78, 5) is 2.26. The van der Waals surface area contributed by atoms with Crippen LogP contribution in [0.5, 0.6) is 0 Å². The summed E-state index contributed by atoms with van der Waals surface area (Å²) in [6, 6.07) is 4.30. The standard InChI is InChI=1S/C14H21ClFNO/c1-3-17(4-2)8-7-13(18)9-11-5-6-12(16)10-14(11)15/h5-6,10,13,18H,3-4,7-9H2,1-2H3. The van der Waals surface area contributed by atoms with Crippen molar-refractivity contribution < 1.29 is 9.50 Å². The SMILES string of the molecule is CCN(CC)CCC(O)Cc1ccc(F)cc1Cl. The third-order valence-electron chi connectivity index (χ3n) is 3.14. The molecule has 1 atom stereocenters. The van der Waals surface area contributed by atoms with Crippen molar-refractivity contribution in [3.63, 3.8) is 0 Å². The zero-order chi connectivity index (χ0) is 13.5. The van der Waals surface area contributed by atoms with E-state index in [-0.39, 0.29) is 5.82 Å². The number of aliphatic hydroxyl groups is 1. The topological polar surface area (TPSA) is 23.5 Å². The van der Waals surface area contributed by atoms with Crippen LogP contribution in [0.15, 0.2) is 18.2 Å². The van der Waals surface area contributed by atoms with E-state index in [1.807, 2.05) is 0 Å². The highest BCUT2D eigenvalue weighted by Gasteiger charge is 2.10. The highest BCUT2D eigenvalue weighted by atomic mass is 35.5. The van der Waals surface area contributed by atoms with E-state index < -0.39 is 6.10 Å². The molecule has 0 aliphatic carbocycles. The van der Waals surface area contributed by atoms with Crippen LogP contribution in [0.3, 0.4) is 0 Å². The predicted octanol–water partition coefficient (Wildman–Crippen LogP) is 3.11. The van der Waals surface area contributed by atoms with Gasteiger partial charge in [-0.3, -0.25) is 0 Å². The molecule has 0 amide bonds. The average molecular weight is 274 g/mol. The van der Waals surface area contributed by atoms with Gasteiger partial charge >= 0.3 is 0 Å². The fraction of sp³-hybridized carbons (Fsp3) is 0.571. The summed E-state index contributed by atoms with van der Waals surface area (Å²) in [5.41, 5.74) is 0.796. The van der Waals surface area contributed by atoms with E-state index in [1.165, 1.54) is 12.1 Å². The van der Waals surface area contributed by atoms with E-state index in [4.69, 9.17) is 11.6 Å². The molecule has 0 aliphatic rings. The van der Waals surface area contributed by atoms with Crippen LogP contribution in [0.2, 0.25) is 5.02 Å². The molecule has 1 N–H and O–H groups in total. The second-order valence-corrected chi connectivity index (χ2v) is 4.82. The summed E-state index contributed by atoms with van der Waals surface area (Å²) in [5, 5.41) is 10.3. The quantitative estimate of drug-likeness (QED) is 0.825. The average Bonchev–Trinajstić information content (AvgIpc) is 2.34. The van der Waals surface area contributed by atoms with Crippen LogP contribution in [0.25, 0.3) is 0 Å². The van der Waals surface area contributed by atoms with Crippen molar-refractivity contribution in [1.29, 1.82) is 0 Å². The lowest BCUT2D eigenvalue weighted by molar-refractivity contribution is 0.143. The minimum Gasteiger partial charge on any atom is -0.393 e. The number of hydrogen-bond acceptors (Lipinski definition) is 2. The maximum Gasteiger partial charge on any atom is 0.124 e. The van der Waals surface area contributed by atoms with E-state index in [9.17, 15) is 9.50 Å². The van der Waals surface area contributed by atoms with E-state index in [2.05, 4.69) is 18.7 Å². The van der Waals surface area contributed by atoms with Crippen LogP contribution < -0.4 is 0 Å². The molecule has 0 heterocycles. The van der Waals surface area contributed by atoms with Crippen LogP contribution in [0.1, 0.15) is 25.8 Å². The summed E-state index contributed by atoms with van der Waals surface area (Å²) in [7, 11) is 0.